The smallest absolute Gasteiger partial charge is 0.222 e. The van der Waals surface area contributed by atoms with Gasteiger partial charge in [-0.1, -0.05) is 54.6 Å². The number of carbonyl (C=O) groups excluding carboxylic acids is 2. The lowest BCUT2D eigenvalue weighted by molar-refractivity contribution is -0.107. The zero-order valence-electron chi connectivity index (χ0n) is 15.1. The Bertz CT molecular complexity index is 705. The molecule has 0 unspecified atom stereocenters. The van der Waals surface area contributed by atoms with E-state index in [1.54, 1.807) is 30.3 Å². The molecule has 0 spiro atoms. The summed E-state index contributed by atoms with van der Waals surface area (Å²) in [4.78, 5) is 24.8. The van der Waals surface area contributed by atoms with Crippen molar-refractivity contribution in [3.63, 3.8) is 0 Å². The molecule has 2 aromatic rings. The summed E-state index contributed by atoms with van der Waals surface area (Å²) in [6.45, 7) is 4.48. The highest BCUT2D eigenvalue weighted by Crippen LogP contribution is 2.15. The monoisotopic (exact) mass is 356 g/mol. The van der Waals surface area contributed by atoms with Gasteiger partial charge in [-0.05, 0) is 19.4 Å². The highest BCUT2D eigenvalue weighted by molar-refractivity contribution is 6.00. The first kappa shape index (κ1) is 20.0. The second-order valence-corrected chi connectivity index (χ2v) is 5.55. The number of hydrogen-bond acceptors (Lipinski definition) is 5. The molecule has 0 aliphatic rings. The van der Waals surface area contributed by atoms with Crippen LogP contribution in [0.15, 0.2) is 54.6 Å². The molecule has 0 bridgehead atoms. The summed E-state index contributed by atoms with van der Waals surface area (Å²) in [5.41, 5.74) is 1.78. The lowest BCUT2D eigenvalue weighted by Gasteiger charge is -2.17. The van der Waals surface area contributed by atoms with E-state index >= 15 is 0 Å². The third-order valence-electron chi connectivity index (χ3n) is 3.72. The second kappa shape index (κ2) is 10.6. The number of ether oxygens (including phenoxy) is 3. The van der Waals surface area contributed by atoms with Gasteiger partial charge in [0.05, 0.1) is 6.61 Å². The molecule has 0 aliphatic heterocycles. The van der Waals surface area contributed by atoms with Crippen LogP contribution in [0.1, 0.15) is 40.1 Å². The molecule has 0 atom stereocenters. The van der Waals surface area contributed by atoms with Crippen molar-refractivity contribution < 1.29 is 23.8 Å². The minimum atomic E-state index is -0.933. The van der Waals surface area contributed by atoms with Gasteiger partial charge in [0.15, 0.2) is 5.78 Å². The van der Waals surface area contributed by atoms with Crippen LogP contribution < -0.4 is 0 Å². The van der Waals surface area contributed by atoms with Crippen molar-refractivity contribution in [1.82, 2.24) is 0 Å². The van der Waals surface area contributed by atoms with E-state index in [9.17, 15) is 9.59 Å². The number of rotatable bonds is 11. The largest absolute Gasteiger partial charge is 0.369 e. The topological polar surface area (TPSA) is 61.8 Å². The first-order valence-electron chi connectivity index (χ1n) is 8.68. The van der Waals surface area contributed by atoms with Gasteiger partial charge in [-0.2, -0.15) is 0 Å². The van der Waals surface area contributed by atoms with E-state index in [2.05, 4.69) is 0 Å². The van der Waals surface area contributed by atoms with Crippen LogP contribution in [0, 0.1) is 0 Å². The Hall–Kier alpha value is -2.34. The second-order valence-electron chi connectivity index (χ2n) is 5.55. The molecule has 2 rings (SSSR count). The number of carbonyl (C=O) groups is 2. The molecule has 0 aliphatic carbocycles. The fourth-order valence-electron chi connectivity index (χ4n) is 2.48. The minimum absolute atomic E-state index is 0.0487. The Morgan fingerprint density at radius 3 is 2.15 bits per heavy atom. The molecular weight excluding hydrogens is 332 g/mol. The SMILES string of the molecule is CCOC(OCC)C(=O)c1ccccc1COCC(=O)c1ccccc1. The number of Topliss-reactive ketones (excluding diaryl/α,β-unsaturated/α-hetero) is 2. The molecule has 0 aromatic heterocycles. The van der Waals surface area contributed by atoms with Crippen molar-refractivity contribution in [2.24, 2.45) is 0 Å². The van der Waals surface area contributed by atoms with Gasteiger partial charge in [-0.25, -0.2) is 0 Å². The first-order valence-corrected chi connectivity index (χ1v) is 8.68. The fourth-order valence-corrected chi connectivity index (χ4v) is 2.48. The van der Waals surface area contributed by atoms with Crippen molar-refractivity contribution in [1.29, 1.82) is 0 Å². The Morgan fingerprint density at radius 2 is 1.50 bits per heavy atom. The molecule has 0 N–H and O–H groups in total. The predicted molar refractivity (Wildman–Crippen MR) is 98.2 cm³/mol. The van der Waals surface area contributed by atoms with Gasteiger partial charge in [0.25, 0.3) is 0 Å². The van der Waals surface area contributed by atoms with Crippen LogP contribution in [0.25, 0.3) is 0 Å². The zero-order valence-corrected chi connectivity index (χ0v) is 15.1. The van der Waals surface area contributed by atoms with E-state index in [4.69, 9.17) is 14.2 Å². The first-order chi connectivity index (χ1) is 12.7. The lowest BCUT2D eigenvalue weighted by atomic mass is 10.0. The zero-order chi connectivity index (χ0) is 18.8. The maximum atomic E-state index is 12.7. The Balaban J connectivity index is 2.02. The average molecular weight is 356 g/mol. The standard InChI is InChI=1S/C21H24O5/c1-3-25-21(26-4-2)20(23)18-13-9-8-12-17(18)14-24-15-19(22)16-10-6-5-7-11-16/h5-13,21H,3-4,14-15H2,1-2H3. The van der Waals surface area contributed by atoms with E-state index in [1.165, 1.54) is 0 Å². The van der Waals surface area contributed by atoms with Gasteiger partial charge in [-0.3, -0.25) is 9.59 Å². The van der Waals surface area contributed by atoms with Crippen LogP contribution in [0.3, 0.4) is 0 Å². The molecule has 138 valence electrons. The van der Waals surface area contributed by atoms with Gasteiger partial charge in [0.1, 0.15) is 6.61 Å². The molecule has 0 radical (unpaired) electrons. The minimum Gasteiger partial charge on any atom is -0.369 e. The Labute approximate surface area is 153 Å². The summed E-state index contributed by atoms with van der Waals surface area (Å²) >= 11 is 0. The number of ketones is 2. The molecule has 0 saturated carbocycles. The predicted octanol–water partition coefficient (Wildman–Crippen LogP) is 3.67. The molecule has 2 aromatic carbocycles. The van der Waals surface area contributed by atoms with Crippen LogP contribution in [-0.2, 0) is 20.8 Å². The van der Waals surface area contributed by atoms with Gasteiger partial charge >= 0.3 is 0 Å². The molecule has 5 nitrogen and oxygen atoms in total. The third kappa shape index (κ3) is 5.59. The Morgan fingerprint density at radius 1 is 0.885 bits per heavy atom. The van der Waals surface area contributed by atoms with E-state index in [0.717, 1.165) is 0 Å². The molecule has 26 heavy (non-hydrogen) atoms. The van der Waals surface area contributed by atoms with Crippen molar-refractivity contribution in [3.05, 3.63) is 71.3 Å². The van der Waals surface area contributed by atoms with Crippen LogP contribution >= 0.6 is 0 Å². The molecule has 5 heteroatoms. The highest BCUT2D eigenvalue weighted by atomic mass is 16.7. The van der Waals surface area contributed by atoms with E-state index in [0.29, 0.717) is 29.9 Å². The van der Waals surface area contributed by atoms with Gasteiger partial charge in [0, 0.05) is 24.3 Å². The van der Waals surface area contributed by atoms with Crippen LogP contribution in [0.2, 0.25) is 0 Å². The molecular formula is C21H24O5. The van der Waals surface area contributed by atoms with Crippen LogP contribution in [-0.4, -0.2) is 37.7 Å². The molecule has 0 fully saturated rings. The fraction of sp³-hybridized carbons (Fsp3) is 0.333. The quantitative estimate of drug-likeness (QED) is 0.454. The number of benzene rings is 2. The summed E-state index contributed by atoms with van der Waals surface area (Å²) in [5, 5.41) is 0. The Kier molecular flexibility index (Phi) is 8.15. The molecule has 0 saturated heterocycles. The van der Waals surface area contributed by atoms with E-state index < -0.39 is 6.29 Å². The summed E-state index contributed by atoms with van der Waals surface area (Å²) in [6.07, 6.45) is -0.933. The van der Waals surface area contributed by atoms with Gasteiger partial charge in [0.2, 0.25) is 12.1 Å². The van der Waals surface area contributed by atoms with E-state index in [-0.39, 0.29) is 24.8 Å². The maximum Gasteiger partial charge on any atom is 0.222 e. The van der Waals surface area contributed by atoms with Gasteiger partial charge in [-0.15, -0.1) is 0 Å². The lowest BCUT2D eigenvalue weighted by Crippen LogP contribution is -2.28. The highest BCUT2D eigenvalue weighted by Gasteiger charge is 2.23. The maximum absolute atomic E-state index is 12.7. The van der Waals surface area contributed by atoms with Gasteiger partial charge < -0.3 is 14.2 Å². The average Bonchev–Trinajstić information content (AvgIpc) is 2.68. The third-order valence-corrected chi connectivity index (χ3v) is 3.72. The summed E-state index contributed by atoms with van der Waals surface area (Å²) in [7, 11) is 0. The van der Waals surface area contributed by atoms with Crippen molar-refractivity contribution in [2.45, 2.75) is 26.7 Å². The van der Waals surface area contributed by atoms with E-state index in [1.807, 2.05) is 38.1 Å². The van der Waals surface area contributed by atoms with Crippen LogP contribution in [0.5, 0.6) is 0 Å². The van der Waals surface area contributed by atoms with Crippen LogP contribution in [0.4, 0.5) is 0 Å². The number of hydrogen-bond donors (Lipinski definition) is 0. The van der Waals surface area contributed by atoms with Crippen molar-refractivity contribution in [2.75, 3.05) is 19.8 Å². The molecule has 0 heterocycles. The normalized spacial score (nSPS) is 10.9. The summed E-state index contributed by atoms with van der Waals surface area (Å²) in [6, 6.07) is 16.1. The van der Waals surface area contributed by atoms with Crippen molar-refractivity contribution >= 4 is 11.6 Å². The summed E-state index contributed by atoms with van der Waals surface area (Å²) < 4.78 is 16.3. The summed E-state index contributed by atoms with van der Waals surface area (Å²) in [5.74, 6) is -0.349. The molecule has 0 amide bonds. The van der Waals surface area contributed by atoms with Crippen molar-refractivity contribution in [3.8, 4) is 0 Å².